The summed E-state index contributed by atoms with van der Waals surface area (Å²) in [6.07, 6.45) is 2.78. The van der Waals surface area contributed by atoms with Crippen molar-refractivity contribution in [3.05, 3.63) is 0 Å². The van der Waals surface area contributed by atoms with Gasteiger partial charge in [0.15, 0.2) is 0 Å². The van der Waals surface area contributed by atoms with Crippen molar-refractivity contribution >= 4 is 21.1 Å². The van der Waals surface area contributed by atoms with Gasteiger partial charge in [-0.1, -0.05) is 0 Å². The molecule has 0 amide bonds. The monoisotopic (exact) mass is 262 g/mol. The molecule has 0 aromatic carbocycles. The molecule has 0 aromatic heterocycles. The van der Waals surface area contributed by atoms with E-state index in [0.29, 0.717) is 0 Å². The molecule has 0 bridgehead atoms. The molecule has 0 spiro atoms. The molecule has 0 heterocycles. The minimum atomic E-state index is 0.0390. The Hall–Kier alpha value is 0.799. The molecule has 0 fully saturated rings. The second-order valence-electron chi connectivity index (χ2n) is 3.69. The predicted octanol–water partition coefficient (Wildman–Crippen LogP) is 3.62. The Kier molecular flexibility index (Phi) is 7.99. The Morgan fingerprint density at radius 3 is 1.55 bits per heavy atom. The first-order valence-corrected chi connectivity index (χ1v) is 8.95. The normalized spacial score (nSPS) is 16.4. The van der Waals surface area contributed by atoms with Gasteiger partial charge >= 0.3 is 82.4 Å². The van der Waals surface area contributed by atoms with Gasteiger partial charge in [-0.05, 0) is 0 Å². The van der Waals surface area contributed by atoms with Gasteiger partial charge in [-0.3, -0.25) is 0 Å². The summed E-state index contributed by atoms with van der Waals surface area (Å²) in [6, 6.07) is 0. The maximum absolute atomic E-state index is 2.40. The van der Waals surface area contributed by atoms with Crippen molar-refractivity contribution in [1.29, 1.82) is 0 Å². The first-order chi connectivity index (χ1) is 5.20. The van der Waals surface area contributed by atoms with Gasteiger partial charge in [0.25, 0.3) is 0 Å². The van der Waals surface area contributed by atoms with Crippen molar-refractivity contribution in [2.24, 2.45) is 11.8 Å². The fourth-order valence-electron chi connectivity index (χ4n) is 0.865. The summed E-state index contributed by atoms with van der Waals surface area (Å²) in [5, 5.41) is 0. The maximum atomic E-state index is 2.40. The molecule has 11 heavy (non-hydrogen) atoms. The molecule has 0 aromatic rings. The fourth-order valence-corrected chi connectivity index (χ4v) is 5.80. The van der Waals surface area contributed by atoms with Gasteiger partial charge in [0.05, 0.1) is 0 Å². The second kappa shape index (κ2) is 7.45. The van der Waals surface area contributed by atoms with Crippen LogP contribution in [0.15, 0.2) is 0 Å². The minimum absolute atomic E-state index is 0.0390. The van der Waals surface area contributed by atoms with Crippen LogP contribution < -0.4 is 0 Å². The van der Waals surface area contributed by atoms with Crippen LogP contribution in [0, 0.1) is 11.8 Å². The van der Waals surface area contributed by atoms with E-state index in [2.05, 4.69) is 27.7 Å². The first-order valence-electron chi connectivity index (χ1n) is 4.91. The number of hydrogen-bond acceptors (Lipinski definition) is 0. The van der Waals surface area contributed by atoms with Gasteiger partial charge < -0.3 is 0 Å². The zero-order chi connectivity index (χ0) is 8.69. The predicted molar refractivity (Wildman–Crippen MR) is 54.3 cm³/mol. The van der Waals surface area contributed by atoms with Crippen LogP contribution >= 0.6 is 0 Å². The average Bonchev–Trinajstić information content (AvgIpc) is 2.04. The summed E-state index contributed by atoms with van der Waals surface area (Å²) in [7, 11) is 0. The van der Waals surface area contributed by atoms with Crippen LogP contribution in [-0.4, -0.2) is 21.1 Å². The SMILES string of the molecule is CCC(C)[CH2][Sn][CH2]C(C)CC. The van der Waals surface area contributed by atoms with Crippen LogP contribution in [0.25, 0.3) is 0 Å². The molecule has 0 aliphatic carbocycles. The summed E-state index contributed by atoms with van der Waals surface area (Å²) in [6.45, 7) is 9.43. The number of hydrogen-bond donors (Lipinski definition) is 0. The van der Waals surface area contributed by atoms with E-state index in [1.807, 2.05) is 0 Å². The molecule has 0 saturated heterocycles. The molecule has 66 valence electrons. The third-order valence-corrected chi connectivity index (χ3v) is 8.01. The van der Waals surface area contributed by atoms with E-state index in [9.17, 15) is 0 Å². The third kappa shape index (κ3) is 7.17. The molecule has 0 aliphatic rings. The summed E-state index contributed by atoms with van der Waals surface area (Å²) in [4.78, 5) is 0. The summed E-state index contributed by atoms with van der Waals surface area (Å²) in [5.74, 6) is 2.04. The van der Waals surface area contributed by atoms with E-state index in [1.165, 1.54) is 12.8 Å². The molecular weight excluding hydrogens is 239 g/mol. The van der Waals surface area contributed by atoms with E-state index in [0.717, 1.165) is 11.8 Å². The molecule has 0 aliphatic heterocycles. The molecule has 2 radical (unpaired) electrons. The van der Waals surface area contributed by atoms with Gasteiger partial charge in [0.1, 0.15) is 0 Å². The van der Waals surface area contributed by atoms with Crippen LogP contribution in [-0.2, 0) is 0 Å². The van der Waals surface area contributed by atoms with Crippen LogP contribution in [0.1, 0.15) is 40.5 Å². The number of rotatable bonds is 6. The fraction of sp³-hybridized carbons (Fsp3) is 1.00. The second-order valence-corrected chi connectivity index (χ2v) is 7.44. The summed E-state index contributed by atoms with van der Waals surface area (Å²) in [5.41, 5.74) is 0. The van der Waals surface area contributed by atoms with Crippen LogP contribution in [0.5, 0.6) is 0 Å². The van der Waals surface area contributed by atoms with Gasteiger partial charge in [-0.15, -0.1) is 0 Å². The quantitative estimate of drug-likeness (QED) is 0.640. The Morgan fingerprint density at radius 1 is 0.909 bits per heavy atom. The Bertz CT molecular complexity index is 70.9. The first kappa shape index (κ1) is 11.8. The average molecular weight is 261 g/mol. The molecule has 0 N–H and O–H groups in total. The summed E-state index contributed by atoms with van der Waals surface area (Å²) >= 11 is 0.0390. The third-order valence-electron chi connectivity index (χ3n) is 2.38. The van der Waals surface area contributed by atoms with Crippen LogP contribution in [0.2, 0.25) is 8.87 Å². The molecule has 0 saturated carbocycles. The molecular formula is C10H22Sn. The zero-order valence-corrected chi connectivity index (χ0v) is 11.3. The van der Waals surface area contributed by atoms with Crippen molar-refractivity contribution in [2.75, 3.05) is 0 Å². The van der Waals surface area contributed by atoms with E-state index in [1.54, 1.807) is 8.87 Å². The van der Waals surface area contributed by atoms with Crippen LogP contribution in [0.4, 0.5) is 0 Å². The van der Waals surface area contributed by atoms with Gasteiger partial charge in [0.2, 0.25) is 0 Å². The van der Waals surface area contributed by atoms with Gasteiger partial charge in [-0.25, -0.2) is 0 Å². The van der Waals surface area contributed by atoms with Crippen LogP contribution in [0.3, 0.4) is 0 Å². The Balaban J connectivity index is 3.13. The Morgan fingerprint density at radius 2 is 1.27 bits per heavy atom. The summed E-state index contributed by atoms with van der Waals surface area (Å²) < 4.78 is 3.20. The molecule has 1 heteroatoms. The standard InChI is InChI=1S/2C5H11.Sn/c2*1-4-5(2)3;/h2*5H,2,4H2,1,3H3;. The molecule has 0 rings (SSSR count). The Labute approximate surface area is 82.4 Å². The van der Waals surface area contributed by atoms with E-state index >= 15 is 0 Å². The van der Waals surface area contributed by atoms with Gasteiger partial charge in [0, 0.05) is 0 Å². The van der Waals surface area contributed by atoms with Crippen molar-refractivity contribution < 1.29 is 0 Å². The van der Waals surface area contributed by atoms with Crippen molar-refractivity contribution in [3.8, 4) is 0 Å². The molecule has 0 nitrogen and oxygen atoms in total. The van der Waals surface area contributed by atoms with Crippen molar-refractivity contribution in [3.63, 3.8) is 0 Å². The topological polar surface area (TPSA) is 0 Å². The van der Waals surface area contributed by atoms with E-state index in [-0.39, 0.29) is 21.1 Å². The van der Waals surface area contributed by atoms with Crippen molar-refractivity contribution in [1.82, 2.24) is 0 Å². The molecule has 2 unspecified atom stereocenters. The van der Waals surface area contributed by atoms with E-state index < -0.39 is 0 Å². The van der Waals surface area contributed by atoms with E-state index in [4.69, 9.17) is 0 Å². The van der Waals surface area contributed by atoms with Gasteiger partial charge in [-0.2, -0.15) is 0 Å². The zero-order valence-electron chi connectivity index (χ0n) is 8.48. The van der Waals surface area contributed by atoms with Crippen molar-refractivity contribution in [2.45, 2.75) is 49.4 Å². The molecule has 2 atom stereocenters.